The molecule has 2 heterocycles. The second kappa shape index (κ2) is 12.4. The third-order valence-electron chi connectivity index (χ3n) is 9.39. The van der Waals surface area contributed by atoms with Crippen molar-refractivity contribution >= 4 is 61.6 Å². The van der Waals surface area contributed by atoms with Gasteiger partial charge in [-0.05, 0) is 65.7 Å². The molecular formula is C37H33N5O7. The predicted molar refractivity (Wildman–Crippen MR) is 184 cm³/mol. The summed E-state index contributed by atoms with van der Waals surface area (Å²) in [4.78, 5) is 67.7. The summed E-state index contributed by atoms with van der Waals surface area (Å²) in [5.41, 5.74) is 1.22. The summed E-state index contributed by atoms with van der Waals surface area (Å²) in [7, 11) is 1.60. The van der Waals surface area contributed by atoms with E-state index < -0.39 is 28.8 Å². The van der Waals surface area contributed by atoms with E-state index in [0.717, 1.165) is 21.1 Å². The first-order chi connectivity index (χ1) is 23.6. The molecule has 7 rings (SSSR count). The van der Waals surface area contributed by atoms with Gasteiger partial charge in [-0.3, -0.25) is 39.1 Å². The van der Waals surface area contributed by atoms with Crippen LogP contribution < -0.4 is 15.4 Å². The average Bonchev–Trinajstić information content (AvgIpc) is 3.10. The minimum atomic E-state index is -0.570. The van der Waals surface area contributed by atoms with Crippen LogP contribution in [0.2, 0.25) is 0 Å². The number of nitro groups is 1. The third-order valence-corrected chi connectivity index (χ3v) is 9.39. The maximum absolute atomic E-state index is 13.8. The molecule has 0 aromatic heterocycles. The van der Waals surface area contributed by atoms with E-state index in [0.29, 0.717) is 64.8 Å². The molecule has 0 saturated carbocycles. The van der Waals surface area contributed by atoms with Crippen LogP contribution in [0.4, 0.5) is 5.69 Å². The lowest BCUT2D eigenvalue weighted by atomic mass is 9.89. The highest BCUT2D eigenvalue weighted by Gasteiger charge is 2.38. The molecule has 248 valence electrons. The Labute approximate surface area is 280 Å². The molecule has 0 aliphatic carbocycles. The lowest BCUT2D eigenvalue weighted by Gasteiger charge is -2.33. The second-order valence-corrected chi connectivity index (χ2v) is 12.5. The first-order valence-electron chi connectivity index (χ1n) is 16.0. The fraction of sp³-hybridized carbons (Fsp3) is 0.243. The van der Waals surface area contributed by atoms with E-state index in [1.165, 1.54) is 17.0 Å². The number of benzene rings is 5. The number of hydrogen-bond acceptors (Lipinski definition) is 9. The first kappa shape index (κ1) is 31.9. The van der Waals surface area contributed by atoms with Crippen LogP contribution in [-0.2, 0) is 0 Å². The molecule has 0 fully saturated rings. The molecule has 0 radical (unpaired) electrons. The topological polar surface area (TPSA) is 151 Å². The molecule has 0 unspecified atom stereocenters. The number of non-ortho nitro benzene ring substituents is 1. The van der Waals surface area contributed by atoms with Gasteiger partial charge in [0.15, 0.2) is 0 Å². The van der Waals surface area contributed by atoms with Crippen LogP contribution in [0.15, 0.2) is 72.8 Å². The number of hydrogen-bond donors (Lipinski definition) is 2. The van der Waals surface area contributed by atoms with E-state index in [2.05, 4.69) is 10.6 Å². The number of rotatable bonds is 11. The number of amides is 4. The van der Waals surface area contributed by atoms with Crippen LogP contribution in [0.1, 0.15) is 55.3 Å². The standard InChI is InChI=1S/C37H33N5O7/c1-20(40-34(43)27-8-4-6-23-14-24(42(47)48)16-31(32(23)27)37(40)46)18-38-12-13-39-19-21(2)41-35(44)28-9-5-7-26-29-17-25(49-3)11-10-22(29)15-30(33(26)28)36(41)45/h4-11,14-17,20-21,38-39H,12-13,18-19H2,1-3H3/t20-,21-/m1/s1. The molecule has 2 aliphatic heterocycles. The van der Waals surface area contributed by atoms with Gasteiger partial charge in [0.2, 0.25) is 0 Å². The van der Waals surface area contributed by atoms with Gasteiger partial charge in [0.1, 0.15) is 5.75 Å². The predicted octanol–water partition coefficient (Wildman–Crippen LogP) is 4.91. The zero-order valence-electron chi connectivity index (χ0n) is 27.1. The van der Waals surface area contributed by atoms with Crippen molar-refractivity contribution in [3.63, 3.8) is 0 Å². The molecule has 0 saturated heterocycles. The monoisotopic (exact) mass is 659 g/mol. The van der Waals surface area contributed by atoms with E-state index in [4.69, 9.17) is 4.74 Å². The molecule has 49 heavy (non-hydrogen) atoms. The second-order valence-electron chi connectivity index (χ2n) is 12.5. The summed E-state index contributed by atoms with van der Waals surface area (Å²) in [5.74, 6) is -1.01. The number of ether oxygens (including phenoxy) is 1. The van der Waals surface area contributed by atoms with E-state index in [1.807, 2.05) is 43.3 Å². The number of nitrogens with zero attached hydrogens (tertiary/aromatic N) is 3. The molecule has 2 atom stereocenters. The summed E-state index contributed by atoms with van der Waals surface area (Å²) in [5, 5.41) is 22.2. The van der Waals surface area contributed by atoms with Crippen LogP contribution in [0.5, 0.6) is 5.75 Å². The number of nitro benzene ring substituents is 1. The van der Waals surface area contributed by atoms with E-state index in [1.54, 1.807) is 38.3 Å². The maximum atomic E-state index is 13.8. The number of fused-ring (bicyclic) bond motifs is 2. The van der Waals surface area contributed by atoms with E-state index in [-0.39, 0.29) is 23.1 Å². The smallest absolute Gasteiger partial charge is 0.270 e. The lowest BCUT2D eigenvalue weighted by molar-refractivity contribution is -0.384. The summed E-state index contributed by atoms with van der Waals surface area (Å²) in [6.45, 7) is 5.18. The highest BCUT2D eigenvalue weighted by molar-refractivity contribution is 6.29. The van der Waals surface area contributed by atoms with Gasteiger partial charge in [-0.15, -0.1) is 0 Å². The van der Waals surface area contributed by atoms with E-state index in [9.17, 15) is 29.3 Å². The quantitative estimate of drug-likeness (QED) is 0.0663. The molecule has 12 nitrogen and oxygen atoms in total. The molecule has 4 amide bonds. The Kier molecular flexibility index (Phi) is 8.05. The summed E-state index contributed by atoms with van der Waals surface area (Å²) < 4.78 is 5.40. The first-order valence-corrected chi connectivity index (χ1v) is 16.0. The maximum Gasteiger partial charge on any atom is 0.270 e. The average molecular weight is 660 g/mol. The lowest BCUT2D eigenvalue weighted by Crippen LogP contribution is -2.51. The molecular weight excluding hydrogens is 626 g/mol. The van der Waals surface area contributed by atoms with Crippen LogP contribution in [0.25, 0.3) is 32.3 Å². The number of carbonyl (C=O) groups excluding carboxylic acids is 4. The van der Waals surface area contributed by atoms with Gasteiger partial charge >= 0.3 is 0 Å². The van der Waals surface area contributed by atoms with Crippen LogP contribution in [-0.4, -0.2) is 83.7 Å². The van der Waals surface area contributed by atoms with Gasteiger partial charge in [-0.1, -0.05) is 30.3 Å². The Balaban J connectivity index is 0.975. The summed E-state index contributed by atoms with van der Waals surface area (Å²) >= 11 is 0. The zero-order valence-corrected chi connectivity index (χ0v) is 27.1. The number of methoxy groups -OCH3 is 1. The molecule has 0 bridgehead atoms. The highest BCUT2D eigenvalue weighted by atomic mass is 16.6. The number of carbonyl (C=O) groups is 4. The van der Waals surface area contributed by atoms with Crippen molar-refractivity contribution < 1.29 is 28.8 Å². The van der Waals surface area contributed by atoms with Crippen molar-refractivity contribution in [2.45, 2.75) is 25.9 Å². The molecule has 0 spiro atoms. The zero-order chi connectivity index (χ0) is 34.6. The van der Waals surface area contributed by atoms with Gasteiger partial charge in [-0.2, -0.15) is 0 Å². The largest absolute Gasteiger partial charge is 0.497 e. The highest BCUT2D eigenvalue weighted by Crippen LogP contribution is 2.38. The number of imide groups is 2. The van der Waals surface area contributed by atoms with Gasteiger partial charge < -0.3 is 15.4 Å². The van der Waals surface area contributed by atoms with Crippen molar-refractivity contribution in [3.05, 3.63) is 105 Å². The van der Waals surface area contributed by atoms with Gasteiger partial charge in [0, 0.05) is 77.9 Å². The Morgan fingerprint density at radius 3 is 1.86 bits per heavy atom. The van der Waals surface area contributed by atoms with Crippen LogP contribution >= 0.6 is 0 Å². The summed E-state index contributed by atoms with van der Waals surface area (Å²) in [6, 6.07) is 19.6. The fourth-order valence-electron chi connectivity index (χ4n) is 7.01. The van der Waals surface area contributed by atoms with Gasteiger partial charge in [0.05, 0.1) is 17.6 Å². The summed E-state index contributed by atoms with van der Waals surface area (Å²) in [6.07, 6.45) is 0. The Bertz CT molecular complexity index is 2250. The van der Waals surface area contributed by atoms with Gasteiger partial charge in [-0.25, -0.2) is 0 Å². The van der Waals surface area contributed by atoms with Crippen molar-refractivity contribution in [2.24, 2.45) is 0 Å². The number of nitrogens with one attached hydrogen (secondary N) is 2. The normalized spacial score (nSPS) is 15.4. The van der Waals surface area contributed by atoms with E-state index >= 15 is 0 Å². The molecule has 2 aliphatic rings. The van der Waals surface area contributed by atoms with Crippen molar-refractivity contribution in [2.75, 3.05) is 33.3 Å². The molecule has 5 aromatic rings. The molecule has 5 aromatic carbocycles. The fourth-order valence-corrected chi connectivity index (χ4v) is 7.01. The van der Waals surface area contributed by atoms with Crippen LogP contribution in [0.3, 0.4) is 0 Å². The Morgan fingerprint density at radius 2 is 1.24 bits per heavy atom. The minimum Gasteiger partial charge on any atom is -0.497 e. The van der Waals surface area contributed by atoms with Crippen molar-refractivity contribution in [3.8, 4) is 5.75 Å². The SMILES string of the molecule is COc1ccc2cc3c4c(cccc4c2c1)C(=O)N([C@H](C)CNCCNC[C@@H](C)N1C(=O)c2cccc4cc([N+](=O)[O-])cc(c24)C1=O)C3=O. The minimum absolute atomic E-state index is 0.135. The van der Waals surface area contributed by atoms with Crippen molar-refractivity contribution in [1.29, 1.82) is 0 Å². The van der Waals surface area contributed by atoms with Crippen molar-refractivity contribution in [1.82, 2.24) is 20.4 Å². The Hall–Kier alpha value is -5.72. The third kappa shape index (κ3) is 5.25. The Morgan fingerprint density at radius 1 is 0.673 bits per heavy atom. The van der Waals surface area contributed by atoms with Gasteiger partial charge in [0.25, 0.3) is 29.3 Å². The molecule has 12 heteroatoms. The molecule has 2 N–H and O–H groups in total. The van der Waals surface area contributed by atoms with Crippen LogP contribution in [0, 0.1) is 10.1 Å².